The van der Waals surface area contributed by atoms with Crippen molar-refractivity contribution in [3.8, 4) is 11.4 Å². The summed E-state index contributed by atoms with van der Waals surface area (Å²) in [4.78, 5) is 14.6. The lowest BCUT2D eigenvalue weighted by Crippen LogP contribution is -2.39. The molecule has 6 heteroatoms. The van der Waals surface area contributed by atoms with Gasteiger partial charge in [0.15, 0.2) is 0 Å². The molecule has 0 radical (unpaired) electrons. The topological polar surface area (TPSA) is 47.4 Å². The summed E-state index contributed by atoms with van der Waals surface area (Å²) in [5.41, 5.74) is 3.56. The van der Waals surface area contributed by atoms with E-state index in [4.69, 9.17) is 4.74 Å². The molecular formula is C21H20FN3O2. The third-order valence-corrected chi connectivity index (χ3v) is 4.90. The predicted octanol–water partition coefficient (Wildman–Crippen LogP) is 3.75. The van der Waals surface area contributed by atoms with Crippen LogP contribution in [0.4, 0.5) is 10.1 Å². The number of hydrogen-bond acceptors (Lipinski definition) is 3. The third kappa shape index (κ3) is 3.18. The normalized spacial score (nSPS) is 16.3. The van der Waals surface area contributed by atoms with Crippen molar-refractivity contribution >= 4 is 11.6 Å². The van der Waals surface area contributed by atoms with Crippen LogP contribution in [-0.2, 0) is 17.8 Å². The Morgan fingerprint density at radius 2 is 1.85 bits per heavy atom. The van der Waals surface area contributed by atoms with Crippen molar-refractivity contribution in [3.63, 3.8) is 0 Å². The monoisotopic (exact) mass is 365 g/mol. The van der Waals surface area contributed by atoms with Gasteiger partial charge in [-0.05, 0) is 42.0 Å². The molecule has 27 heavy (non-hydrogen) atoms. The van der Waals surface area contributed by atoms with Gasteiger partial charge < -0.3 is 9.64 Å². The van der Waals surface area contributed by atoms with Crippen LogP contribution in [0, 0.1) is 11.7 Å². The van der Waals surface area contributed by atoms with Crippen molar-refractivity contribution in [2.75, 3.05) is 12.0 Å². The van der Waals surface area contributed by atoms with E-state index in [1.165, 1.54) is 12.1 Å². The molecule has 1 atom stereocenters. The molecule has 0 bridgehead atoms. The Bertz CT molecular complexity index is 964. The van der Waals surface area contributed by atoms with Gasteiger partial charge in [0.05, 0.1) is 36.9 Å². The molecule has 1 amide bonds. The highest BCUT2D eigenvalue weighted by molar-refractivity contribution is 5.97. The Labute approximate surface area is 157 Å². The number of benzene rings is 2. The van der Waals surface area contributed by atoms with Crippen molar-refractivity contribution in [2.24, 2.45) is 5.92 Å². The van der Waals surface area contributed by atoms with E-state index in [1.54, 1.807) is 35.0 Å². The second-order valence-electron chi connectivity index (χ2n) is 6.74. The Kier molecular flexibility index (Phi) is 4.39. The van der Waals surface area contributed by atoms with Gasteiger partial charge >= 0.3 is 0 Å². The zero-order chi connectivity index (χ0) is 19.0. The molecular weight excluding hydrogens is 345 g/mol. The maximum Gasteiger partial charge on any atom is 0.230 e. The first-order valence-electron chi connectivity index (χ1n) is 8.84. The van der Waals surface area contributed by atoms with Gasteiger partial charge in [-0.3, -0.25) is 4.79 Å². The second kappa shape index (κ2) is 6.87. The molecule has 0 N–H and O–H groups in total. The van der Waals surface area contributed by atoms with Crippen molar-refractivity contribution < 1.29 is 13.9 Å². The van der Waals surface area contributed by atoms with E-state index in [9.17, 15) is 9.18 Å². The average molecular weight is 365 g/mol. The van der Waals surface area contributed by atoms with Crippen molar-refractivity contribution in [3.05, 3.63) is 71.8 Å². The van der Waals surface area contributed by atoms with Gasteiger partial charge in [-0.25, -0.2) is 9.07 Å². The van der Waals surface area contributed by atoms with Crippen LogP contribution in [0.25, 0.3) is 5.69 Å². The summed E-state index contributed by atoms with van der Waals surface area (Å²) >= 11 is 0. The molecule has 4 rings (SSSR count). The number of halogens is 1. The Hall–Kier alpha value is -3.15. The lowest BCUT2D eigenvalue weighted by molar-refractivity contribution is -0.122. The van der Waals surface area contributed by atoms with Gasteiger partial charge in [0.25, 0.3) is 0 Å². The first kappa shape index (κ1) is 17.3. The number of carbonyl (C=O) groups excluding carboxylic acids is 1. The van der Waals surface area contributed by atoms with Crippen LogP contribution in [0.2, 0.25) is 0 Å². The summed E-state index contributed by atoms with van der Waals surface area (Å²) in [7, 11) is 1.63. The highest BCUT2D eigenvalue weighted by Crippen LogP contribution is 2.33. The molecule has 5 nitrogen and oxygen atoms in total. The number of fused-ring (bicyclic) bond motifs is 1. The number of methoxy groups -OCH3 is 1. The minimum Gasteiger partial charge on any atom is -0.497 e. The second-order valence-corrected chi connectivity index (χ2v) is 6.74. The van der Waals surface area contributed by atoms with Crippen LogP contribution in [0.5, 0.6) is 5.75 Å². The van der Waals surface area contributed by atoms with E-state index in [-0.39, 0.29) is 17.6 Å². The van der Waals surface area contributed by atoms with Gasteiger partial charge in [0.1, 0.15) is 11.6 Å². The molecule has 0 saturated heterocycles. The highest BCUT2D eigenvalue weighted by Gasteiger charge is 2.33. The van der Waals surface area contributed by atoms with Crippen LogP contribution >= 0.6 is 0 Å². The largest absolute Gasteiger partial charge is 0.497 e. The van der Waals surface area contributed by atoms with Crippen LogP contribution in [0.15, 0.2) is 54.7 Å². The Morgan fingerprint density at radius 1 is 1.15 bits per heavy atom. The molecule has 0 saturated carbocycles. The molecule has 1 unspecified atom stereocenters. The third-order valence-electron chi connectivity index (χ3n) is 4.90. The lowest BCUT2D eigenvalue weighted by atomic mass is 9.97. The number of hydrogen-bond donors (Lipinski definition) is 0. The number of carbonyl (C=O) groups is 1. The fourth-order valence-electron chi connectivity index (χ4n) is 3.43. The molecule has 3 aromatic rings. The number of ether oxygens (including phenoxy) is 1. The smallest absolute Gasteiger partial charge is 0.230 e. The quantitative estimate of drug-likeness (QED) is 0.708. The maximum atomic E-state index is 13.2. The van der Waals surface area contributed by atoms with Crippen LogP contribution < -0.4 is 9.64 Å². The Morgan fingerprint density at radius 3 is 2.52 bits per heavy atom. The molecule has 0 spiro atoms. The van der Waals surface area contributed by atoms with Crippen molar-refractivity contribution in [1.82, 2.24) is 9.78 Å². The average Bonchev–Trinajstić information content (AvgIpc) is 3.10. The standard InChI is InChI=1S/C21H20FN3O2/c1-14-11-19-20(12-23-25(19)17-7-5-16(22)6-8-17)24(21(14)26)13-15-3-9-18(27-2)10-4-15/h3-10,12,14H,11,13H2,1-2H3. The van der Waals surface area contributed by atoms with Crippen LogP contribution in [0.3, 0.4) is 0 Å². The van der Waals surface area contributed by atoms with E-state index in [0.717, 1.165) is 28.4 Å². The Balaban J connectivity index is 1.69. The van der Waals surface area contributed by atoms with Gasteiger partial charge in [-0.2, -0.15) is 5.10 Å². The van der Waals surface area contributed by atoms with Crippen molar-refractivity contribution in [1.29, 1.82) is 0 Å². The highest BCUT2D eigenvalue weighted by atomic mass is 19.1. The van der Waals surface area contributed by atoms with E-state index < -0.39 is 0 Å². The first-order valence-corrected chi connectivity index (χ1v) is 8.84. The van der Waals surface area contributed by atoms with Gasteiger partial charge in [0.2, 0.25) is 5.91 Å². The molecule has 1 aromatic heterocycles. The van der Waals surface area contributed by atoms with E-state index in [2.05, 4.69) is 5.10 Å². The fraction of sp³-hybridized carbons (Fsp3) is 0.238. The van der Waals surface area contributed by atoms with E-state index >= 15 is 0 Å². The molecule has 138 valence electrons. The summed E-state index contributed by atoms with van der Waals surface area (Å²) in [5, 5.41) is 4.47. The number of amides is 1. The van der Waals surface area contributed by atoms with Gasteiger partial charge in [-0.1, -0.05) is 19.1 Å². The van der Waals surface area contributed by atoms with Gasteiger partial charge in [-0.15, -0.1) is 0 Å². The maximum absolute atomic E-state index is 13.2. The molecule has 2 heterocycles. The summed E-state index contributed by atoms with van der Waals surface area (Å²) < 4.78 is 20.2. The summed E-state index contributed by atoms with van der Waals surface area (Å²) in [6.07, 6.45) is 2.32. The van der Waals surface area contributed by atoms with Gasteiger partial charge in [0, 0.05) is 12.3 Å². The number of anilines is 1. The zero-order valence-electron chi connectivity index (χ0n) is 15.2. The van der Waals surface area contributed by atoms with E-state index in [1.807, 2.05) is 31.2 Å². The number of nitrogens with zero attached hydrogens (tertiary/aromatic N) is 3. The summed E-state index contributed by atoms with van der Waals surface area (Å²) in [6.45, 7) is 2.39. The molecule has 0 fully saturated rings. The first-order chi connectivity index (χ1) is 13.1. The van der Waals surface area contributed by atoms with E-state index in [0.29, 0.717) is 13.0 Å². The van der Waals surface area contributed by atoms with Crippen LogP contribution in [0.1, 0.15) is 18.2 Å². The minimum atomic E-state index is -0.288. The summed E-state index contributed by atoms with van der Waals surface area (Å²) in [6, 6.07) is 13.9. The van der Waals surface area contributed by atoms with Crippen molar-refractivity contribution in [2.45, 2.75) is 19.9 Å². The molecule has 0 aliphatic carbocycles. The SMILES string of the molecule is COc1ccc(CN2C(=O)C(C)Cc3c2cnn3-c2ccc(F)cc2)cc1. The molecule has 2 aromatic carbocycles. The molecule has 1 aliphatic rings. The van der Waals surface area contributed by atoms with Crippen LogP contribution in [-0.4, -0.2) is 22.8 Å². The fourth-order valence-corrected chi connectivity index (χ4v) is 3.43. The number of rotatable bonds is 4. The zero-order valence-corrected chi connectivity index (χ0v) is 15.2. The summed E-state index contributed by atoms with van der Waals surface area (Å²) in [5.74, 6) is 0.426. The number of aromatic nitrogens is 2. The predicted molar refractivity (Wildman–Crippen MR) is 101 cm³/mol. The molecule has 1 aliphatic heterocycles. The lowest BCUT2D eigenvalue weighted by Gasteiger charge is -2.31. The minimum absolute atomic E-state index is 0.0805.